The number of rotatable bonds is 6. The van der Waals surface area contributed by atoms with Crippen LogP contribution in [0, 0.1) is 12.8 Å². The Morgan fingerprint density at radius 3 is 2.63 bits per heavy atom. The molecule has 1 unspecified atom stereocenters. The monoisotopic (exact) mass is 388 g/mol. The van der Waals surface area contributed by atoms with Crippen molar-refractivity contribution in [2.75, 3.05) is 32.7 Å². The lowest BCUT2D eigenvalue weighted by Crippen LogP contribution is -2.34. The van der Waals surface area contributed by atoms with Gasteiger partial charge in [-0.3, -0.25) is 9.59 Å². The Balaban J connectivity index is 1.71. The van der Waals surface area contributed by atoms with Gasteiger partial charge in [0.05, 0.1) is 26.7 Å². The smallest absolute Gasteiger partial charge is 0.228 e. The van der Waals surface area contributed by atoms with Gasteiger partial charge in [-0.15, -0.1) is 11.3 Å². The lowest BCUT2D eigenvalue weighted by molar-refractivity contribution is -0.135. The van der Waals surface area contributed by atoms with Crippen LogP contribution in [0.25, 0.3) is 0 Å². The van der Waals surface area contributed by atoms with Gasteiger partial charge < -0.3 is 19.3 Å². The van der Waals surface area contributed by atoms with E-state index in [0.29, 0.717) is 30.3 Å². The first kappa shape index (κ1) is 19.2. The summed E-state index contributed by atoms with van der Waals surface area (Å²) in [5, 5.41) is 2.03. The number of nitrogens with zero attached hydrogens (tertiary/aromatic N) is 2. The molecule has 27 heavy (non-hydrogen) atoms. The van der Waals surface area contributed by atoms with Crippen molar-refractivity contribution in [2.45, 2.75) is 19.9 Å². The van der Waals surface area contributed by atoms with Crippen LogP contribution in [0.1, 0.15) is 16.9 Å². The van der Waals surface area contributed by atoms with E-state index in [-0.39, 0.29) is 24.2 Å². The summed E-state index contributed by atoms with van der Waals surface area (Å²) in [6.45, 7) is 2.99. The summed E-state index contributed by atoms with van der Waals surface area (Å²) < 4.78 is 10.6. The highest BCUT2D eigenvalue weighted by Crippen LogP contribution is 2.34. The first-order valence-corrected chi connectivity index (χ1v) is 9.63. The van der Waals surface area contributed by atoms with Gasteiger partial charge in [-0.05, 0) is 36.1 Å². The fraction of sp³-hybridized carbons (Fsp3) is 0.400. The standard InChI is InChI=1S/C20H24N2O4S/c1-13-7-8-27-18(13)12-21(2)20(24)14-9-19(23)22(11-14)15-5-6-16(25-3)17(10-15)26-4/h5-8,10,14H,9,11-12H2,1-4H3. The Bertz CT molecular complexity index is 848. The number of anilines is 1. The first-order chi connectivity index (χ1) is 12.9. The van der Waals surface area contributed by atoms with Crippen LogP contribution in [0.5, 0.6) is 11.5 Å². The number of benzene rings is 1. The molecule has 0 radical (unpaired) electrons. The lowest BCUT2D eigenvalue weighted by Gasteiger charge is -2.22. The molecule has 6 nitrogen and oxygen atoms in total. The van der Waals surface area contributed by atoms with E-state index in [0.717, 1.165) is 0 Å². The average molecular weight is 388 g/mol. The molecule has 0 aliphatic carbocycles. The van der Waals surface area contributed by atoms with Gasteiger partial charge in [0.2, 0.25) is 11.8 Å². The second-order valence-corrected chi connectivity index (χ2v) is 7.67. The molecular weight excluding hydrogens is 364 g/mol. The summed E-state index contributed by atoms with van der Waals surface area (Å²) in [4.78, 5) is 29.9. The topological polar surface area (TPSA) is 59.1 Å². The molecule has 0 saturated carbocycles. The third kappa shape index (κ3) is 3.93. The maximum atomic E-state index is 12.8. The van der Waals surface area contributed by atoms with E-state index < -0.39 is 0 Å². The van der Waals surface area contributed by atoms with Crippen LogP contribution in [0.4, 0.5) is 5.69 Å². The molecule has 1 aromatic carbocycles. The Morgan fingerprint density at radius 1 is 1.26 bits per heavy atom. The molecular formula is C20H24N2O4S. The predicted octanol–water partition coefficient (Wildman–Crippen LogP) is 3.09. The number of methoxy groups -OCH3 is 2. The summed E-state index contributed by atoms with van der Waals surface area (Å²) >= 11 is 1.65. The number of carbonyl (C=O) groups excluding carboxylic acids is 2. The van der Waals surface area contributed by atoms with Crippen molar-refractivity contribution >= 4 is 28.8 Å². The van der Waals surface area contributed by atoms with E-state index in [2.05, 4.69) is 6.07 Å². The number of ether oxygens (including phenoxy) is 2. The van der Waals surface area contributed by atoms with Crippen LogP contribution < -0.4 is 14.4 Å². The minimum absolute atomic E-state index is 0.000809. The van der Waals surface area contributed by atoms with E-state index in [1.165, 1.54) is 10.4 Å². The van der Waals surface area contributed by atoms with Crippen molar-refractivity contribution in [1.82, 2.24) is 4.90 Å². The maximum Gasteiger partial charge on any atom is 0.228 e. The molecule has 1 aliphatic heterocycles. The van der Waals surface area contributed by atoms with Gasteiger partial charge in [-0.2, -0.15) is 0 Å². The van der Waals surface area contributed by atoms with Gasteiger partial charge in [0.25, 0.3) is 0 Å². The van der Waals surface area contributed by atoms with Crippen molar-refractivity contribution in [3.8, 4) is 11.5 Å². The minimum atomic E-state index is -0.337. The normalized spacial score (nSPS) is 16.5. The SMILES string of the molecule is COc1ccc(N2CC(C(=O)N(C)Cc3sccc3C)CC2=O)cc1OC. The zero-order chi connectivity index (χ0) is 19.6. The molecule has 2 amide bonds. The number of amides is 2. The number of carbonyl (C=O) groups is 2. The van der Waals surface area contributed by atoms with E-state index in [4.69, 9.17) is 9.47 Å². The molecule has 144 valence electrons. The predicted molar refractivity (Wildman–Crippen MR) is 106 cm³/mol. The summed E-state index contributed by atoms with van der Waals surface area (Å²) in [5.41, 5.74) is 1.90. The van der Waals surface area contributed by atoms with Gasteiger partial charge in [0.1, 0.15) is 0 Å². The van der Waals surface area contributed by atoms with Crippen molar-refractivity contribution in [3.05, 3.63) is 40.1 Å². The highest BCUT2D eigenvalue weighted by molar-refractivity contribution is 7.10. The molecule has 0 bridgehead atoms. The fourth-order valence-corrected chi connectivity index (χ4v) is 4.24. The minimum Gasteiger partial charge on any atom is -0.493 e. The molecule has 0 N–H and O–H groups in total. The van der Waals surface area contributed by atoms with Gasteiger partial charge in [0, 0.05) is 36.6 Å². The van der Waals surface area contributed by atoms with Crippen molar-refractivity contribution in [2.24, 2.45) is 5.92 Å². The van der Waals surface area contributed by atoms with Crippen LogP contribution in [0.2, 0.25) is 0 Å². The van der Waals surface area contributed by atoms with Gasteiger partial charge in [-0.25, -0.2) is 0 Å². The number of hydrogen-bond acceptors (Lipinski definition) is 5. The van der Waals surface area contributed by atoms with E-state index >= 15 is 0 Å². The van der Waals surface area contributed by atoms with Gasteiger partial charge in [0.15, 0.2) is 11.5 Å². The lowest BCUT2D eigenvalue weighted by atomic mass is 10.1. The number of thiophene rings is 1. The molecule has 3 rings (SSSR count). The molecule has 2 heterocycles. The molecule has 1 aliphatic rings. The molecule has 1 fully saturated rings. The Hall–Kier alpha value is -2.54. The fourth-order valence-electron chi connectivity index (χ4n) is 3.29. The van der Waals surface area contributed by atoms with Crippen LogP contribution in [-0.4, -0.2) is 44.5 Å². The summed E-state index contributed by atoms with van der Waals surface area (Å²) in [7, 11) is 4.92. The molecule has 1 atom stereocenters. The van der Waals surface area contributed by atoms with E-state index in [1.807, 2.05) is 18.4 Å². The molecule has 1 aromatic heterocycles. The third-order valence-corrected chi connectivity index (χ3v) is 5.89. The molecule has 1 saturated heterocycles. The molecule has 0 spiro atoms. The number of aryl methyl sites for hydroxylation is 1. The van der Waals surface area contributed by atoms with Crippen molar-refractivity contribution in [1.29, 1.82) is 0 Å². The Labute approximate surface area is 163 Å². The highest BCUT2D eigenvalue weighted by atomic mass is 32.1. The highest BCUT2D eigenvalue weighted by Gasteiger charge is 2.36. The van der Waals surface area contributed by atoms with Crippen LogP contribution in [0.15, 0.2) is 29.6 Å². The second-order valence-electron chi connectivity index (χ2n) is 6.67. The Morgan fingerprint density at radius 2 is 2.00 bits per heavy atom. The summed E-state index contributed by atoms with van der Waals surface area (Å²) in [5.74, 6) is 0.769. The van der Waals surface area contributed by atoms with Crippen molar-refractivity contribution in [3.63, 3.8) is 0 Å². The largest absolute Gasteiger partial charge is 0.493 e. The van der Waals surface area contributed by atoms with Crippen LogP contribution >= 0.6 is 11.3 Å². The average Bonchev–Trinajstić information content (AvgIpc) is 3.26. The molecule has 2 aromatic rings. The van der Waals surface area contributed by atoms with E-state index in [9.17, 15) is 9.59 Å². The van der Waals surface area contributed by atoms with Gasteiger partial charge in [-0.1, -0.05) is 0 Å². The second kappa shape index (κ2) is 8.00. The zero-order valence-corrected chi connectivity index (χ0v) is 16.8. The Kier molecular flexibility index (Phi) is 5.70. The third-order valence-electron chi connectivity index (χ3n) is 4.88. The first-order valence-electron chi connectivity index (χ1n) is 8.75. The molecule has 7 heteroatoms. The van der Waals surface area contributed by atoms with Crippen LogP contribution in [0.3, 0.4) is 0 Å². The van der Waals surface area contributed by atoms with Gasteiger partial charge >= 0.3 is 0 Å². The van der Waals surface area contributed by atoms with Crippen LogP contribution in [-0.2, 0) is 16.1 Å². The van der Waals surface area contributed by atoms with Crippen molar-refractivity contribution < 1.29 is 19.1 Å². The summed E-state index contributed by atoms with van der Waals surface area (Å²) in [6, 6.07) is 7.39. The maximum absolute atomic E-state index is 12.8. The quantitative estimate of drug-likeness (QED) is 0.763. The summed E-state index contributed by atoms with van der Waals surface area (Å²) in [6.07, 6.45) is 0.223. The zero-order valence-electron chi connectivity index (χ0n) is 16.0. The van der Waals surface area contributed by atoms with E-state index in [1.54, 1.807) is 54.5 Å². The number of hydrogen-bond donors (Lipinski definition) is 0.